The van der Waals surface area contributed by atoms with Crippen LogP contribution >= 0.6 is 0 Å². The van der Waals surface area contributed by atoms with E-state index in [9.17, 15) is 4.79 Å². The Morgan fingerprint density at radius 1 is 1.47 bits per heavy atom. The maximum atomic E-state index is 11.4. The molecule has 0 saturated heterocycles. The molecule has 1 aliphatic carbocycles. The molecule has 2 N–H and O–H groups in total. The molecule has 0 amide bonds. The van der Waals surface area contributed by atoms with E-state index in [0.717, 1.165) is 5.56 Å². The summed E-state index contributed by atoms with van der Waals surface area (Å²) in [5, 5.41) is 0. The minimum absolute atomic E-state index is 0.217. The monoisotopic (exact) mass is 233 g/mol. The Balaban J connectivity index is 2.07. The summed E-state index contributed by atoms with van der Waals surface area (Å²) < 4.78 is 4.93. The van der Waals surface area contributed by atoms with Gasteiger partial charge in [0.1, 0.15) is 0 Å². The van der Waals surface area contributed by atoms with Gasteiger partial charge >= 0.3 is 5.97 Å². The molecule has 1 unspecified atom stereocenters. The number of hydrogen-bond donors (Lipinski definition) is 1. The third-order valence-corrected chi connectivity index (χ3v) is 3.10. The summed E-state index contributed by atoms with van der Waals surface area (Å²) in [5.74, 6) is 0.435. The Bertz CT molecular complexity index is 399. The van der Waals surface area contributed by atoms with Crippen molar-refractivity contribution in [3.8, 4) is 0 Å². The van der Waals surface area contributed by atoms with Crippen LogP contribution in [0.4, 0.5) is 0 Å². The van der Waals surface area contributed by atoms with Crippen LogP contribution in [-0.4, -0.2) is 12.6 Å². The van der Waals surface area contributed by atoms with Crippen molar-refractivity contribution in [1.82, 2.24) is 0 Å². The van der Waals surface area contributed by atoms with Crippen molar-refractivity contribution >= 4 is 5.97 Å². The van der Waals surface area contributed by atoms with E-state index in [1.807, 2.05) is 25.1 Å². The van der Waals surface area contributed by atoms with E-state index >= 15 is 0 Å². The highest BCUT2D eigenvalue weighted by atomic mass is 16.5. The van der Waals surface area contributed by atoms with Crippen LogP contribution in [0.15, 0.2) is 24.3 Å². The Kier molecular flexibility index (Phi) is 3.79. The molecule has 0 heterocycles. The second kappa shape index (κ2) is 5.32. The lowest BCUT2D eigenvalue weighted by atomic mass is 9.96. The predicted octanol–water partition coefficient (Wildman–Crippen LogP) is 2.52. The van der Waals surface area contributed by atoms with Crippen molar-refractivity contribution in [2.75, 3.05) is 6.61 Å². The highest BCUT2D eigenvalue weighted by Crippen LogP contribution is 2.42. The maximum Gasteiger partial charge on any atom is 0.307 e. The molecule has 2 rings (SSSR count). The molecule has 3 nitrogen and oxygen atoms in total. The van der Waals surface area contributed by atoms with Gasteiger partial charge in [-0.05, 0) is 36.8 Å². The van der Waals surface area contributed by atoms with E-state index in [4.69, 9.17) is 10.5 Å². The Hall–Kier alpha value is -1.35. The third kappa shape index (κ3) is 3.07. The van der Waals surface area contributed by atoms with Gasteiger partial charge in [-0.2, -0.15) is 0 Å². The fraction of sp³-hybridized carbons (Fsp3) is 0.500. The van der Waals surface area contributed by atoms with Crippen LogP contribution in [0, 0.1) is 0 Å². The van der Waals surface area contributed by atoms with Gasteiger partial charge < -0.3 is 10.5 Å². The summed E-state index contributed by atoms with van der Waals surface area (Å²) in [5.41, 5.74) is 8.50. The lowest BCUT2D eigenvalue weighted by Gasteiger charge is -2.15. The molecule has 1 aromatic rings. The molecule has 92 valence electrons. The molecular formula is C14H19NO2. The number of carbonyl (C=O) groups excluding carboxylic acids is 1. The highest BCUT2D eigenvalue weighted by Gasteiger charge is 2.27. The Morgan fingerprint density at radius 3 is 2.82 bits per heavy atom. The molecule has 1 aliphatic rings. The maximum absolute atomic E-state index is 11.4. The molecule has 1 aromatic carbocycles. The highest BCUT2D eigenvalue weighted by molar-refractivity contribution is 5.70. The minimum atomic E-state index is -0.245. The number of ether oxygens (including phenoxy) is 1. The van der Waals surface area contributed by atoms with Gasteiger partial charge in [-0.15, -0.1) is 0 Å². The third-order valence-electron chi connectivity index (χ3n) is 3.10. The average molecular weight is 233 g/mol. The number of hydrogen-bond acceptors (Lipinski definition) is 3. The summed E-state index contributed by atoms with van der Waals surface area (Å²) >= 11 is 0. The van der Waals surface area contributed by atoms with Crippen molar-refractivity contribution in [2.45, 2.75) is 38.1 Å². The normalized spacial score (nSPS) is 16.6. The number of esters is 1. The van der Waals surface area contributed by atoms with Crippen molar-refractivity contribution < 1.29 is 9.53 Å². The zero-order valence-electron chi connectivity index (χ0n) is 10.2. The SMILES string of the molecule is CCOC(=O)CC(N)c1ccccc1C1CC1. The van der Waals surface area contributed by atoms with Crippen LogP contribution in [-0.2, 0) is 9.53 Å². The zero-order valence-corrected chi connectivity index (χ0v) is 10.2. The second-order valence-electron chi connectivity index (χ2n) is 4.52. The molecule has 1 saturated carbocycles. The molecule has 0 radical (unpaired) electrons. The van der Waals surface area contributed by atoms with E-state index < -0.39 is 0 Å². The van der Waals surface area contributed by atoms with Gasteiger partial charge in [0, 0.05) is 6.04 Å². The fourth-order valence-electron chi connectivity index (χ4n) is 2.12. The van der Waals surface area contributed by atoms with Gasteiger partial charge in [0.2, 0.25) is 0 Å². The van der Waals surface area contributed by atoms with Crippen LogP contribution in [0.25, 0.3) is 0 Å². The van der Waals surface area contributed by atoms with Gasteiger partial charge in [0.25, 0.3) is 0 Å². The first-order chi connectivity index (χ1) is 8.22. The molecule has 0 bridgehead atoms. The molecule has 0 spiro atoms. The van der Waals surface area contributed by atoms with Crippen molar-refractivity contribution in [2.24, 2.45) is 5.73 Å². The summed E-state index contributed by atoms with van der Waals surface area (Å²) in [6, 6.07) is 7.92. The smallest absolute Gasteiger partial charge is 0.307 e. The zero-order chi connectivity index (χ0) is 12.3. The van der Waals surface area contributed by atoms with Crippen LogP contribution in [0.3, 0.4) is 0 Å². The van der Waals surface area contributed by atoms with Gasteiger partial charge in [-0.1, -0.05) is 24.3 Å². The summed E-state index contributed by atoms with van der Waals surface area (Å²) in [6.45, 7) is 2.22. The van der Waals surface area contributed by atoms with Crippen molar-refractivity contribution in [1.29, 1.82) is 0 Å². The minimum Gasteiger partial charge on any atom is -0.466 e. The molecule has 3 heteroatoms. The number of rotatable bonds is 5. The molecule has 17 heavy (non-hydrogen) atoms. The van der Waals surface area contributed by atoms with Gasteiger partial charge in [0.15, 0.2) is 0 Å². The summed E-state index contributed by atoms with van der Waals surface area (Å²) in [7, 11) is 0. The predicted molar refractivity (Wildman–Crippen MR) is 66.6 cm³/mol. The summed E-state index contributed by atoms with van der Waals surface area (Å²) in [4.78, 5) is 11.4. The number of benzene rings is 1. The topological polar surface area (TPSA) is 52.3 Å². The quantitative estimate of drug-likeness (QED) is 0.795. The van der Waals surface area contributed by atoms with Crippen LogP contribution in [0.2, 0.25) is 0 Å². The Morgan fingerprint density at radius 2 is 2.18 bits per heavy atom. The van der Waals surface area contributed by atoms with Gasteiger partial charge in [0.05, 0.1) is 13.0 Å². The largest absolute Gasteiger partial charge is 0.466 e. The first-order valence-electron chi connectivity index (χ1n) is 6.22. The molecule has 1 atom stereocenters. The van der Waals surface area contributed by atoms with Crippen LogP contribution < -0.4 is 5.73 Å². The van der Waals surface area contributed by atoms with E-state index in [1.54, 1.807) is 0 Å². The molecule has 0 aromatic heterocycles. The molecular weight excluding hydrogens is 214 g/mol. The van der Waals surface area contributed by atoms with E-state index in [0.29, 0.717) is 12.5 Å². The van der Waals surface area contributed by atoms with E-state index in [-0.39, 0.29) is 18.4 Å². The second-order valence-corrected chi connectivity index (χ2v) is 4.52. The first kappa shape index (κ1) is 12.1. The number of nitrogens with two attached hydrogens (primary N) is 1. The van der Waals surface area contributed by atoms with Crippen molar-refractivity contribution in [3.05, 3.63) is 35.4 Å². The average Bonchev–Trinajstić information content (AvgIpc) is 3.13. The summed E-state index contributed by atoms with van der Waals surface area (Å²) in [6.07, 6.45) is 2.74. The van der Waals surface area contributed by atoms with Gasteiger partial charge in [-0.25, -0.2) is 0 Å². The lowest BCUT2D eigenvalue weighted by molar-refractivity contribution is -0.143. The molecule has 0 aliphatic heterocycles. The molecule has 1 fully saturated rings. The van der Waals surface area contributed by atoms with E-state index in [1.165, 1.54) is 18.4 Å². The van der Waals surface area contributed by atoms with Crippen LogP contribution in [0.1, 0.15) is 49.3 Å². The van der Waals surface area contributed by atoms with E-state index in [2.05, 4.69) is 6.07 Å². The lowest BCUT2D eigenvalue weighted by Crippen LogP contribution is -2.18. The standard InChI is InChI=1S/C14H19NO2/c1-2-17-14(16)9-13(15)12-6-4-3-5-11(12)10-7-8-10/h3-6,10,13H,2,7-9,15H2,1H3. The Labute approximate surface area is 102 Å². The number of carbonyl (C=O) groups is 1. The fourth-order valence-corrected chi connectivity index (χ4v) is 2.12. The van der Waals surface area contributed by atoms with Gasteiger partial charge in [-0.3, -0.25) is 4.79 Å². The first-order valence-corrected chi connectivity index (χ1v) is 6.22. The van der Waals surface area contributed by atoms with Crippen LogP contribution in [0.5, 0.6) is 0 Å². The van der Waals surface area contributed by atoms with Crippen molar-refractivity contribution in [3.63, 3.8) is 0 Å².